The molecule has 1 heterocycles. The normalized spacial score (nSPS) is 26.8. The molecule has 1 aliphatic rings. The predicted octanol–water partition coefficient (Wildman–Crippen LogP) is 2.48. The van der Waals surface area contributed by atoms with Gasteiger partial charge in [0.2, 0.25) is 0 Å². The van der Waals surface area contributed by atoms with Gasteiger partial charge >= 0.3 is 0 Å². The van der Waals surface area contributed by atoms with Crippen molar-refractivity contribution in [2.75, 3.05) is 19.6 Å². The minimum Gasteiger partial charge on any atom is -0.329 e. The van der Waals surface area contributed by atoms with Crippen molar-refractivity contribution < 1.29 is 0 Å². The van der Waals surface area contributed by atoms with Crippen molar-refractivity contribution in [3.05, 3.63) is 0 Å². The second-order valence-corrected chi connectivity index (χ2v) is 5.13. The molecule has 3 atom stereocenters. The van der Waals surface area contributed by atoms with Crippen molar-refractivity contribution in [3.63, 3.8) is 0 Å². The Morgan fingerprint density at radius 3 is 2.67 bits per heavy atom. The second-order valence-electron chi connectivity index (χ2n) is 5.13. The third-order valence-electron chi connectivity index (χ3n) is 4.03. The molecule has 2 nitrogen and oxygen atoms in total. The van der Waals surface area contributed by atoms with E-state index in [0.717, 1.165) is 18.4 Å². The average Bonchev–Trinajstić information content (AvgIpc) is 2.68. The van der Waals surface area contributed by atoms with Gasteiger partial charge in [0.25, 0.3) is 0 Å². The summed E-state index contributed by atoms with van der Waals surface area (Å²) >= 11 is 0. The Hall–Kier alpha value is -0.0800. The summed E-state index contributed by atoms with van der Waals surface area (Å²) in [7, 11) is 0. The fourth-order valence-corrected chi connectivity index (χ4v) is 2.82. The molecule has 1 aliphatic heterocycles. The quantitative estimate of drug-likeness (QED) is 0.733. The zero-order valence-electron chi connectivity index (χ0n) is 10.7. The molecule has 0 aromatic carbocycles. The predicted molar refractivity (Wildman–Crippen MR) is 66.9 cm³/mol. The Kier molecular flexibility index (Phi) is 5.62. The van der Waals surface area contributed by atoms with Crippen molar-refractivity contribution in [1.82, 2.24) is 4.90 Å². The van der Waals surface area contributed by atoms with E-state index in [9.17, 15) is 0 Å². The third-order valence-corrected chi connectivity index (χ3v) is 4.03. The van der Waals surface area contributed by atoms with Crippen LogP contribution < -0.4 is 5.73 Å². The molecule has 15 heavy (non-hydrogen) atoms. The fraction of sp³-hybridized carbons (Fsp3) is 1.00. The van der Waals surface area contributed by atoms with Gasteiger partial charge in [-0.1, -0.05) is 33.6 Å². The number of hydrogen-bond donors (Lipinski definition) is 1. The molecule has 2 N–H and O–H groups in total. The van der Waals surface area contributed by atoms with E-state index in [1.807, 2.05) is 0 Å². The van der Waals surface area contributed by atoms with Crippen molar-refractivity contribution in [1.29, 1.82) is 0 Å². The first-order valence-electron chi connectivity index (χ1n) is 6.67. The van der Waals surface area contributed by atoms with Gasteiger partial charge in [0.1, 0.15) is 0 Å². The molecule has 0 bridgehead atoms. The summed E-state index contributed by atoms with van der Waals surface area (Å²) in [5.41, 5.74) is 5.91. The Bertz CT molecular complexity index is 170. The standard InChI is InChI=1S/C13H28N2/c1-4-6-12-7-8-15(10-12)13(9-14)11(3)5-2/h11-13H,4-10,14H2,1-3H3. The zero-order chi connectivity index (χ0) is 11.3. The van der Waals surface area contributed by atoms with E-state index in [4.69, 9.17) is 5.73 Å². The Morgan fingerprint density at radius 2 is 2.13 bits per heavy atom. The smallest absolute Gasteiger partial charge is 0.0244 e. The van der Waals surface area contributed by atoms with Gasteiger partial charge in [-0.05, 0) is 31.2 Å². The maximum atomic E-state index is 5.91. The van der Waals surface area contributed by atoms with Crippen LogP contribution in [0.2, 0.25) is 0 Å². The number of nitrogens with zero attached hydrogens (tertiary/aromatic N) is 1. The second kappa shape index (κ2) is 6.49. The van der Waals surface area contributed by atoms with Crippen LogP contribution in [0.25, 0.3) is 0 Å². The molecular weight excluding hydrogens is 184 g/mol. The fourth-order valence-electron chi connectivity index (χ4n) is 2.82. The Morgan fingerprint density at radius 1 is 1.40 bits per heavy atom. The van der Waals surface area contributed by atoms with Gasteiger partial charge in [-0.25, -0.2) is 0 Å². The van der Waals surface area contributed by atoms with E-state index in [0.29, 0.717) is 6.04 Å². The van der Waals surface area contributed by atoms with E-state index < -0.39 is 0 Å². The van der Waals surface area contributed by atoms with Gasteiger partial charge in [0.05, 0.1) is 0 Å². The highest BCUT2D eigenvalue weighted by molar-refractivity contribution is 4.84. The molecule has 1 rings (SSSR count). The van der Waals surface area contributed by atoms with E-state index in [2.05, 4.69) is 25.7 Å². The van der Waals surface area contributed by atoms with Gasteiger partial charge in [-0.15, -0.1) is 0 Å². The zero-order valence-corrected chi connectivity index (χ0v) is 10.7. The van der Waals surface area contributed by atoms with Crippen LogP contribution in [-0.4, -0.2) is 30.6 Å². The van der Waals surface area contributed by atoms with E-state index in [-0.39, 0.29) is 0 Å². The summed E-state index contributed by atoms with van der Waals surface area (Å²) < 4.78 is 0. The molecule has 2 heteroatoms. The molecule has 0 saturated carbocycles. The van der Waals surface area contributed by atoms with Gasteiger partial charge in [-0.2, -0.15) is 0 Å². The molecule has 1 fully saturated rings. The van der Waals surface area contributed by atoms with Crippen LogP contribution in [0.3, 0.4) is 0 Å². The summed E-state index contributed by atoms with van der Waals surface area (Å²) in [6, 6.07) is 0.622. The molecule has 0 aliphatic carbocycles. The van der Waals surface area contributed by atoms with E-state index in [1.54, 1.807) is 0 Å². The van der Waals surface area contributed by atoms with Crippen molar-refractivity contribution >= 4 is 0 Å². The lowest BCUT2D eigenvalue weighted by Crippen LogP contribution is -2.43. The summed E-state index contributed by atoms with van der Waals surface area (Å²) in [4.78, 5) is 2.63. The number of rotatable bonds is 6. The first-order chi connectivity index (χ1) is 7.22. The van der Waals surface area contributed by atoms with E-state index >= 15 is 0 Å². The lowest BCUT2D eigenvalue weighted by atomic mass is 9.98. The lowest BCUT2D eigenvalue weighted by Gasteiger charge is -2.31. The van der Waals surface area contributed by atoms with Crippen molar-refractivity contribution in [3.8, 4) is 0 Å². The SMILES string of the molecule is CCCC1CCN(C(CN)C(C)CC)C1. The minimum absolute atomic E-state index is 0.622. The molecule has 90 valence electrons. The van der Waals surface area contributed by atoms with Crippen LogP contribution >= 0.6 is 0 Å². The maximum Gasteiger partial charge on any atom is 0.0244 e. The van der Waals surface area contributed by atoms with Crippen LogP contribution in [0.15, 0.2) is 0 Å². The summed E-state index contributed by atoms with van der Waals surface area (Å²) in [5.74, 6) is 1.68. The highest BCUT2D eigenvalue weighted by Gasteiger charge is 2.29. The Balaban J connectivity index is 2.42. The molecular formula is C13H28N2. The number of hydrogen-bond acceptors (Lipinski definition) is 2. The topological polar surface area (TPSA) is 29.3 Å². The van der Waals surface area contributed by atoms with Crippen LogP contribution in [0.5, 0.6) is 0 Å². The largest absolute Gasteiger partial charge is 0.329 e. The average molecular weight is 212 g/mol. The van der Waals surface area contributed by atoms with Crippen LogP contribution in [0, 0.1) is 11.8 Å². The van der Waals surface area contributed by atoms with E-state index in [1.165, 1.54) is 38.8 Å². The highest BCUT2D eigenvalue weighted by Crippen LogP contribution is 2.25. The summed E-state index contributed by atoms with van der Waals surface area (Å²) in [6.07, 6.45) is 5.36. The van der Waals surface area contributed by atoms with Gasteiger partial charge in [0, 0.05) is 19.1 Å². The molecule has 0 radical (unpaired) electrons. The molecule has 1 saturated heterocycles. The monoisotopic (exact) mass is 212 g/mol. The summed E-state index contributed by atoms with van der Waals surface area (Å²) in [5, 5.41) is 0. The molecule has 0 aromatic rings. The first-order valence-corrected chi connectivity index (χ1v) is 6.67. The number of nitrogens with two attached hydrogens (primary N) is 1. The number of likely N-dealkylation sites (tertiary alicyclic amines) is 1. The third kappa shape index (κ3) is 3.46. The maximum absolute atomic E-state index is 5.91. The summed E-state index contributed by atoms with van der Waals surface area (Å²) in [6.45, 7) is 10.3. The highest BCUT2D eigenvalue weighted by atomic mass is 15.2. The van der Waals surface area contributed by atoms with Gasteiger partial charge in [0.15, 0.2) is 0 Å². The lowest BCUT2D eigenvalue weighted by molar-refractivity contribution is 0.178. The van der Waals surface area contributed by atoms with Crippen molar-refractivity contribution in [2.45, 2.75) is 52.5 Å². The first kappa shape index (κ1) is 13.0. The molecule has 0 amide bonds. The van der Waals surface area contributed by atoms with Crippen LogP contribution in [-0.2, 0) is 0 Å². The van der Waals surface area contributed by atoms with Crippen LogP contribution in [0.1, 0.15) is 46.5 Å². The molecule has 0 spiro atoms. The molecule has 3 unspecified atom stereocenters. The molecule has 0 aromatic heterocycles. The minimum atomic E-state index is 0.622. The Labute approximate surface area is 95.2 Å². The van der Waals surface area contributed by atoms with Crippen LogP contribution in [0.4, 0.5) is 0 Å². The van der Waals surface area contributed by atoms with Gasteiger partial charge in [-0.3, -0.25) is 4.90 Å². The van der Waals surface area contributed by atoms with Crippen molar-refractivity contribution in [2.24, 2.45) is 17.6 Å². The van der Waals surface area contributed by atoms with Gasteiger partial charge < -0.3 is 5.73 Å².